The van der Waals surface area contributed by atoms with E-state index in [1.807, 2.05) is 30.5 Å². The van der Waals surface area contributed by atoms with E-state index in [-0.39, 0.29) is 10.7 Å². The minimum absolute atomic E-state index is 0.235. The summed E-state index contributed by atoms with van der Waals surface area (Å²) in [6.45, 7) is 0. The monoisotopic (exact) mass is 436 g/mol. The highest BCUT2D eigenvalue weighted by atomic mass is 79.9. The molecule has 0 atom stereocenters. The summed E-state index contributed by atoms with van der Waals surface area (Å²) in [5, 5.41) is 9.96. The Morgan fingerprint density at radius 3 is 2.44 bits per heavy atom. The first-order chi connectivity index (χ1) is 12.1. The van der Waals surface area contributed by atoms with Gasteiger partial charge < -0.3 is 5.11 Å². The van der Waals surface area contributed by atoms with Crippen LogP contribution in [0.2, 0.25) is 0 Å². The summed E-state index contributed by atoms with van der Waals surface area (Å²) >= 11 is 6.15. The molecule has 2 nitrogen and oxygen atoms in total. The summed E-state index contributed by atoms with van der Waals surface area (Å²) in [6, 6.07) is 14.3. The van der Waals surface area contributed by atoms with E-state index >= 15 is 0 Å². The van der Waals surface area contributed by atoms with Crippen molar-refractivity contribution in [1.29, 1.82) is 0 Å². The molecule has 25 heavy (non-hydrogen) atoms. The van der Waals surface area contributed by atoms with Crippen LogP contribution in [0.25, 0.3) is 21.6 Å². The van der Waals surface area contributed by atoms with Crippen molar-refractivity contribution in [2.45, 2.75) is 10.2 Å². The minimum Gasteiger partial charge on any atom is -0.477 e. The van der Waals surface area contributed by atoms with Gasteiger partial charge in [-0.2, -0.15) is 0 Å². The molecule has 1 aromatic heterocycles. The van der Waals surface area contributed by atoms with Gasteiger partial charge in [-0.25, -0.2) is 9.18 Å². The third-order valence-electron chi connectivity index (χ3n) is 3.83. The number of aromatic carboxylic acids is 1. The third-order valence-corrected chi connectivity index (χ3v) is 6.39. The van der Waals surface area contributed by atoms with Gasteiger partial charge in [0.1, 0.15) is 10.7 Å². The maximum absolute atomic E-state index is 14.4. The Hall–Kier alpha value is -1.63. The summed E-state index contributed by atoms with van der Waals surface area (Å²) in [4.78, 5) is 13.7. The Kier molecular flexibility index (Phi) is 5.61. The van der Waals surface area contributed by atoms with Crippen molar-refractivity contribution >= 4 is 45.0 Å². The molecular formula is C19H14BrFO2S2. The molecule has 0 aliphatic rings. The second-order valence-corrected chi connectivity index (χ2v) is 7.72. The molecule has 0 fully saturated rings. The van der Waals surface area contributed by atoms with Gasteiger partial charge in [-0.15, -0.1) is 23.1 Å². The lowest BCUT2D eigenvalue weighted by Gasteiger charge is -2.09. The van der Waals surface area contributed by atoms with E-state index in [9.17, 15) is 14.3 Å². The average molecular weight is 437 g/mol. The number of carbonyl (C=O) groups is 1. The van der Waals surface area contributed by atoms with Crippen LogP contribution in [0.5, 0.6) is 0 Å². The predicted octanol–water partition coefficient (Wildman–Crippen LogP) is 6.54. The first-order valence-electron chi connectivity index (χ1n) is 7.41. The van der Waals surface area contributed by atoms with Gasteiger partial charge in [-0.05, 0) is 35.6 Å². The third kappa shape index (κ3) is 3.52. The number of benzene rings is 2. The number of rotatable bonds is 5. The molecule has 2 aromatic carbocycles. The van der Waals surface area contributed by atoms with Crippen LogP contribution in [0.3, 0.4) is 0 Å². The molecule has 1 heterocycles. The van der Waals surface area contributed by atoms with Gasteiger partial charge in [0, 0.05) is 26.2 Å². The molecule has 0 spiro atoms. The molecule has 3 aromatic rings. The fraction of sp³-hybridized carbons (Fsp3) is 0.105. The van der Waals surface area contributed by atoms with E-state index in [2.05, 4.69) is 15.9 Å². The highest BCUT2D eigenvalue weighted by molar-refractivity contribution is 9.08. The lowest BCUT2D eigenvalue weighted by atomic mass is 9.98. The molecule has 0 aliphatic carbocycles. The van der Waals surface area contributed by atoms with E-state index in [4.69, 9.17) is 0 Å². The zero-order valence-corrected chi connectivity index (χ0v) is 16.5. The first-order valence-corrected chi connectivity index (χ1v) is 10.6. The van der Waals surface area contributed by atoms with E-state index < -0.39 is 5.97 Å². The molecule has 0 amide bonds. The molecule has 0 saturated carbocycles. The van der Waals surface area contributed by atoms with Crippen molar-refractivity contribution in [3.05, 3.63) is 64.8 Å². The molecule has 0 unspecified atom stereocenters. The van der Waals surface area contributed by atoms with Crippen molar-refractivity contribution in [3.63, 3.8) is 0 Å². The minimum atomic E-state index is -0.996. The summed E-state index contributed by atoms with van der Waals surface area (Å²) in [6.07, 6.45) is 2.00. The Bertz CT molecular complexity index is 920. The first kappa shape index (κ1) is 18.2. The smallest absolute Gasteiger partial charge is 0.346 e. The summed E-state index contributed by atoms with van der Waals surface area (Å²) in [5.74, 6) is -1.35. The zero-order chi connectivity index (χ0) is 18.0. The van der Waals surface area contributed by atoms with Crippen LogP contribution in [0.15, 0.2) is 53.4 Å². The van der Waals surface area contributed by atoms with Gasteiger partial charge in [-0.1, -0.05) is 46.3 Å². The maximum Gasteiger partial charge on any atom is 0.346 e. The van der Waals surface area contributed by atoms with Crippen molar-refractivity contribution in [3.8, 4) is 21.6 Å². The van der Waals surface area contributed by atoms with Gasteiger partial charge in [0.25, 0.3) is 0 Å². The standard InChI is InChI=1S/C19H14BrFO2S2/c1-24-12-8-6-11(7-9-12)16-14(10-20)18(19(22)23)25-17(16)13-4-2-3-5-15(13)21/h2-9H,10H2,1H3,(H,22,23). The normalized spacial score (nSPS) is 10.8. The van der Waals surface area contributed by atoms with E-state index in [1.165, 1.54) is 6.07 Å². The van der Waals surface area contributed by atoms with Crippen molar-refractivity contribution in [1.82, 2.24) is 0 Å². The highest BCUT2D eigenvalue weighted by Gasteiger charge is 2.24. The zero-order valence-electron chi connectivity index (χ0n) is 13.3. The summed E-state index contributed by atoms with van der Waals surface area (Å²) in [5.41, 5.74) is 2.75. The topological polar surface area (TPSA) is 37.3 Å². The molecular weight excluding hydrogens is 423 g/mol. The van der Waals surface area contributed by atoms with Crippen LogP contribution in [0, 0.1) is 5.82 Å². The fourth-order valence-electron chi connectivity index (χ4n) is 2.66. The molecule has 6 heteroatoms. The number of carboxylic acid groups (broad SMARTS) is 1. The van der Waals surface area contributed by atoms with E-state index in [0.717, 1.165) is 27.4 Å². The lowest BCUT2D eigenvalue weighted by Crippen LogP contribution is -1.96. The Balaban J connectivity index is 2.30. The number of halogens is 2. The average Bonchev–Trinajstić information content (AvgIpc) is 3.01. The number of hydrogen-bond acceptors (Lipinski definition) is 3. The van der Waals surface area contributed by atoms with Crippen LogP contribution in [-0.2, 0) is 5.33 Å². The van der Waals surface area contributed by atoms with Gasteiger partial charge in [0.05, 0.1) is 0 Å². The summed E-state index contributed by atoms with van der Waals surface area (Å²) < 4.78 is 14.4. The number of thioether (sulfide) groups is 1. The van der Waals surface area contributed by atoms with Gasteiger partial charge in [-0.3, -0.25) is 0 Å². The Morgan fingerprint density at radius 1 is 1.20 bits per heavy atom. The SMILES string of the molecule is CSc1ccc(-c2c(-c3ccccc3F)sc(C(=O)O)c2CBr)cc1. The van der Waals surface area contributed by atoms with Gasteiger partial charge in [0.2, 0.25) is 0 Å². The maximum atomic E-state index is 14.4. The molecule has 1 N–H and O–H groups in total. The Labute approximate surface area is 161 Å². The van der Waals surface area contributed by atoms with Crippen molar-refractivity contribution < 1.29 is 14.3 Å². The predicted molar refractivity (Wildman–Crippen MR) is 107 cm³/mol. The van der Waals surface area contributed by atoms with Crippen LogP contribution >= 0.6 is 39.0 Å². The quantitative estimate of drug-likeness (QED) is 0.364. The second-order valence-electron chi connectivity index (χ2n) is 5.26. The van der Waals surface area contributed by atoms with Crippen molar-refractivity contribution in [2.75, 3.05) is 6.26 Å². The lowest BCUT2D eigenvalue weighted by molar-refractivity contribution is 0.0701. The number of alkyl halides is 1. The van der Waals surface area contributed by atoms with Gasteiger partial charge >= 0.3 is 5.97 Å². The van der Waals surface area contributed by atoms with Crippen LogP contribution < -0.4 is 0 Å². The van der Waals surface area contributed by atoms with E-state index in [0.29, 0.717) is 21.3 Å². The summed E-state index contributed by atoms with van der Waals surface area (Å²) in [7, 11) is 0. The highest BCUT2D eigenvalue weighted by Crippen LogP contribution is 2.45. The van der Waals surface area contributed by atoms with E-state index in [1.54, 1.807) is 30.0 Å². The van der Waals surface area contributed by atoms with Crippen molar-refractivity contribution in [2.24, 2.45) is 0 Å². The number of carboxylic acids is 1. The fourth-order valence-corrected chi connectivity index (χ4v) is 5.03. The molecule has 128 valence electrons. The molecule has 0 bridgehead atoms. The molecule has 0 aliphatic heterocycles. The largest absolute Gasteiger partial charge is 0.477 e. The van der Waals surface area contributed by atoms with Crippen LogP contribution in [0.4, 0.5) is 4.39 Å². The second kappa shape index (κ2) is 7.72. The number of thiophene rings is 1. The Morgan fingerprint density at radius 2 is 1.88 bits per heavy atom. The van der Waals surface area contributed by atoms with Gasteiger partial charge in [0.15, 0.2) is 0 Å². The number of hydrogen-bond donors (Lipinski definition) is 1. The molecule has 3 rings (SSSR count). The molecule has 0 saturated heterocycles. The molecule has 0 radical (unpaired) electrons. The van der Waals surface area contributed by atoms with Crippen LogP contribution in [0.1, 0.15) is 15.2 Å². The van der Waals surface area contributed by atoms with Crippen LogP contribution in [-0.4, -0.2) is 17.3 Å².